The van der Waals surface area contributed by atoms with Crippen LogP contribution >= 0.6 is 23.2 Å². The first kappa shape index (κ1) is 18.5. The molecule has 1 amide bonds. The summed E-state index contributed by atoms with van der Waals surface area (Å²) < 4.78 is 5.85. The van der Waals surface area contributed by atoms with Crippen LogP contribution in [0.3, 0.4) is 0 Å². The second-order valence-corrected chi connectivity index (χ2v) is 6.63. The maximum atomic E-state index is 12.1. The average Bonchev–Trinajstić information content (AvgIpc) is 3.05. The Morgan fingerprint density at radius 2 is 1.92 bits per heavy atom. The van der Waals surface area contributed by atoms with Crippen LogP contribution in [0.5, 0.6) is 0 Å². The van der Waals surface area contributed by atoms with Crippen molar-refractivity contribution in [2.75, 3.05) is 18.9 Å². The highest BCUT2D eigenvalue weighted by atomic mass is 35.5. The standard InChI is InChI=1S/C19H17Cl2N3O2/c1-24(12-18(25)23-16-3-2-10-22-19(16)21)11-15-8-9-17(26-15)13-4-6-14(20)7-5-13/h2-10H,11-12H2,1H3,(H,23,25). The van der Waals surface area contributed by atoms with Gasteiger partial charge in [0.25, 0.3) is 0 Å². The summed E-state index contributed by atoms with van der Waals surface area (Å²) in [5.74, 6) is 1.35. The molecule has 3 aromatic rings. The number of halogens is 2. The Morgan fingerprint density at radius 1 is 1.15 bits per heavy atom. The first-order chi connectivity index (χ1) is 12.5. The second-order valence-electron chi connectivity index (χ2n) is 5.84. The number of nitrogens with zero attached hydrogens (tertiary/aromatic N) is 2. The molecule has 0 fully saturated rings. The zero-order chi connectivity index (χ0) is 18.5. The topological polar surface area (TPSA) is 58.4 Å². The minimum absolute atomic E-state index is 0.174. The third kappa shape index (κ3) is 4.85. The molecule has 1 aromatic carbocycles. The summed E-state index contributed by atoms with van der Waals surface area (Å²) in [7, 11) is 1.84. The number of furan rings is 1. The van der Waals surface area contributed by atoms with Gasteiger partial charge in [0.15, 0.2) is 5.15 Å². The summed E-state index contributed by atoms with van der Waals surface area (Å²) in [6.45, 7) is 0.698. The number of amides is 1. The fourth-order valence-corrected chi connectivity index (χ4v) is 2.76. The van der Waals surface area contributed by atoms with E-state index in [-0.39, 0.29) is 17.6 Å². The molecule has 0 aliphatic heterocycles. The predicted octanol–water partition coefficient (Wildman–Crippen LogP) is 4.72. The van der Waals surface area contributed by atoms with Crippen LogP contribution in [0.15, 0.2) is 59.1 Å². The predicted molar refractivity (Wildman–Crippen MR) is 103 cm³/mol. The molecular formula is C19H17Cl2N3O2. The molecule has 2 heterocycles. The van der Waals surface area contributed by atoms with E-state index >= 15 is 0 Å². The van der Waals surface area contributed by atoms with Crippen molar-refractivity contribution in [2.24, 2.45) is 0 Å². The minimum atomic E-state index is -0.174. The zero-order valence-corrected chi connectivity index (χ0v) is 15.6. The van der Waals surface area contributed by atoms with E-state index in [1.54, 1.807) is 18.3 Å². The van der Waals surface area contributed by atoms with Crippen LogP contribution < -0.4 is 5.32 Å². The van der Waals surface area contributed by atoms with E-state index in [2.05, 4.69) is 10.3 Å². The minimum Gasteiger partial charge on any atom is -0.460 e. The van der Waals surface area contributed by atoms with Crippen molar-refractivity contribution >= 4 is 34.8 Å². The fourth-order valence-electron chi connectivity index (χ4n) is 2.47. The summed E-state index contributed by atoms with van der Waals surface area (Å²) >= 11 is 11.8. The number of carbonyl (C=O) groups is 1. The molecule has 2 aromatic heterocycles. The molecule has 0 atom stereocenters. The molecule has 0 saturated carbocycles. The molecule has 0 bridgehead atoms. The summed E-state index contributed by atoms with van der Waals surface area (Å²) in [6, 6.07) is 14.7. The molecule has 0 saturated heterocycles. The molecule has 5 nitrogen and oxygen atoms in total. The Morgan fingerprint density at radius 3 is 2.65 bits per heavy atom. The largest absolute Gasteiger partial charge is 0.460 e. The lowest BCUT2D eigenvalue weighted by molar-refractivity contribution is -0.117. The van der Waals surface area contributed by atoms with Crippen LogP contribution in [0.2, 0.25) is 10.2 Å². The van der Waals surface area contributed by atoms with Crippen molar-refractivity contribution < 1.29 is 9.21 Å². The molecule has 26 heavy (non-hydrogen) atoms. The van der Waals surface area contributed by atoms with Crippen LogP contribution in [0.1, 0.15) is 5.76 Å². The first-order valence-electron chi connectivity index (χ1n) is 7.95. The molecule has 3 rings (SSSR count). The van der Waals surface area contributed by atoms with Gasteiger partial charge in [-0.3, -0.25) is 9.69 Å². The number of pyridine rings is 1. The van der Waals surface area contributed by atoms with Crippen molar-refractivity contribution in [3.05, 3.63) is 70.7 Å². The Kier molecular flexibility index (Phi) is 5.93. The van der Waals surface area contributed by atoms with Crippen LogP contribution in [0.25, 0.3) is 11.3 Å². The van der Waals surface area contributed by atoms with E-state index < -0.39 is 0 Å². The van der Waals surface area contributed by atoms with Crippen molar-refractivity contribution in [1.82, 2.24) is 9.88 Å². The van der Waals surface area contributed by atoms with Gasteiger partial charge in [0.2, 0.25) is 5.91 Å². The Balaban J connectivity index is 1.56. The molecule has 0 aliphatic carbocycles. The lowest BCUT2D eigenvalue weighted by Gasteiger charge is -2.15. The number of carbonyl (C=O) groups excluding carboxylic acids is 1. The number of nitrogens with one attached hydrogen (secondary N) is 1. The van der Waals surface area contributed by atoms with Gasteiger partial charge in [0, 0.05) is 16.8 Å². The molecule has 134 valence electrons. The number of hydrogen-bond acceptors (Lipinski definition) is 4. The van der Waals surface area contributed by atoms with Gasteiger partial charge in [-0.15, -0.1) is 0 Å². The van der Waals surface area contributed by atoms with Crippen molar-refractivity contribution in [3.8, 4) is 11.3 Å². The highest BCUT2D eigenvalue weighted by Gasteiger charge is 2.12. The average molecular weight is 390 g/mol. The van der Waals surface area contributed by atoms with Crippen LogP contribution in [0.4, 0.5) is 5.69 Å². The quantitative estimate of drug-likeness (QED) is 0.619. The lowest BCUT2D eigenvalue weighted by Crippen LogP contribution is -2.29. The molecule has 7 heteroatoms. The molecule has 0 radical (unpaired) electrons. The van der Waals surface area contributed by atoms with Gasteiger partial charge in [-0.1, -0.05) is 23.2 Å². The monoisotopic (exact) mass is 389 g/mol. The summed E-state index contributed by atoms with van der Waals surface area (Å²) in [6.07, 6.45) is 1.57. The summed E-state index contributed by atoms with van der Waals surface area (Å²) in [4.78, 5) is 17.9. The van der Waals surface area contributed by atoms with E-state index in [1.807, 2.05) is 48.3 Å². The Labute approximate surface area is 161 Å². The number of aromatic nitrogens is 1. The van der Waals surface area contributed by atoms with Gasteiger partial charge < -0.3 is 9.73 Å². The summed E-state index contributed by atoms with van der Waals surface area (Å²) in [5.41, 5.74) is 1.45. The van der Waals surface area contributed by atoms with Crippen molar-refractivity contribution in [2.45, 2.75) is 6.54 Å². The van der Waals surface area contributed by atoms with Gasteiger partial charge in [0.05, 0.1) is 18.8 Å². The molecule has 1 N–H and O–H groups in total. The van der Waals surface area contributed by atoms with Crippen molar-refractivity contribution in [1.29, 1.82) is 0 Å². The highest BCUT2D eigenvalue weighted by molar-refractivity contribution is 6.32. The number of anilines is 1. The van der Waals surface area contributed by atoms with E-state index in [4.69, 9.17) is 27.6 Å². The van der Waals surface area contributed by atoms with Gasteiger partial charge >= 0.3 is 0 Å². The van der Waals surface area contributed by atoms with Crippen molar-refractivity contribution in [3.63, 3.8) is 0 Å². The fraction of sp³-hybridized carbons (Fsp3) is 0.158. The maximum Gasteiger partial charge on any atom is 0.238 e. The Hall–Kier alpha value is -2.34. The normalized spacial score (nSPS) is 10.9. The van der Waals surface area contributed by atoms with Gasteiger partial charge in [-0.2, -0.15) is 0 Å². The van der Waals surface area contributed by atoms with E-state index in [0.717, 1.165) is 17.1 Å². The second kappa shape index (κ2) is 8.36. The van der Waals surface area contributed by atoms with Crippen LogP contribution in [0, 0.1) is 0 Å². The van der Waals surface area contributed by atoms with E-state index in [9.17, 15) is 4.79 Å². The molecule has 0 unspecified atom stereocenters. The lowest BCUT2D eigenvalue weighted by atomic mass is 10.2. The smallest absolute Gasteiger partial charge is 0.238 e. The van der Waals surface area contributed by atoms with Crippen LogP contribution in [-0.2, 0) is 11.3 Å². The zero-order valence-electron chi connectivity index (χ0n) is 14.1. The first-order valence-corrected chi connectivity index (χ1v) is 8.70. The third-order valence-electron chi connectivity index (χ3n) is 3.66. The van der Waals surface area contributed by atoms with Gasteiger partial charge in [0.1, 0.15) is 11.5 Å². The SMILES string of the molecule is CN(CC(=O)Nc1cccnc1Cl)Cc1ccc(-c2ccc(Cl)cc2)o1. The summed E-state index contributed by atoms with van der Waals surface area (Å²) in [5, 5.41) is 3.69. The molecule has 0 spiro atoms. The molecular weight excluding hydrogens is 373 g/mol. The Bertz CT molecular complexity index is 894. The van der Waals surface area contributed by atoms with Gasteiger partial charge in [-0.05, 0) is 55.6 Å². The third-order valence-corrected chi connectivity index (χ3v) is 4.22. The highest BCUT2D eigenvalue weighted by Crippen LogP contribution is 2.24. The van der Waals surface area contributed by atoms with Gasteiger partial charge in [-0.25, -0.2) is 4.98 Å². The van der Waals surface area contributed by atoms with E-state index in [0.29, 0.717) is 17.3 Å². The molecule has 0 aliphatic rings. The maximum absolute atomic E-state index is 12.1. The number of hydrogen-bond donors (Lipinski definition) is 1. The van der Waals surface area contributed by atoms with E-state index in [1.165, 1.54) is 0 Å². The van der Waals surface area contributed by atoms with Crippen LogP contribution in [-0.4, -0.2) is 29.4 Å². The number of likely N-dealkylation sites (N-methyl/N-ethyl adjacent to an activating group) is 1. The number of rotatable bonds is 6. The number of benzene rings is 1.